The molecule has 2 aliphatic heterocycles. The maximum Gasteiger partial charge on any atom is 0.322 e. The molecule has 1 aromatic rings. The third-order valence-electron chi connectivity index (χ3n) is 4.10. The number of rotatable bonds is 2. The fraction of sp³-hybridized carbons (Fsp3) is 0.467. The molecule has 22 heavy (non-hydrogen) atoms. The van der Waals surface area contributed by atoms with E-state index in [2.05, 4.69) is 10.6 Å². The van der Waals surface area contributed by atoms with E-state index >= 15 is 0 Å². The van der Waals surface area contributed by atoms with Gasteiger partial charge in [-0.2, -0.15) is 0 Å². The number of halogens is 1. The van der Waals surface area contributed by atoms with Crippen molar-refractivity contribution in [1.82, 2.24) is 15.5 Å². The van der Waals surface area contributed by atoms with Crippen LogP contribution in [0.4, 0.5) is 10.5 Å². The molecule has 0 spiro atoms. The molecule has 1 unspecified atom stereocenters. The van der Waals surface area contributed by atoms with Crippen molar-refractivity contribution in [2.45, 2.75) is 13.0 Å². The molecule has 2 fully saturated rings. The van der Waals surface area contributed by atoms with Crippen LogP contribution in [0.25, 0.3) is 0 Å². The van der Waals surface area contributed by atoms with Crippen LogP contribution in [0.15, 0.2) is 18.2 Å². The fourth-order valence-electron chi connectivity index (χ4n) is 2.86. The maximum absolute atomic E-state index is 12.7. The van der Waals surface area contributed by atoms with Crippen LogP contribution in [0.1, 0.15) is 17.3 Å². The molecule has 2 saturated heterocycles. The van der Waals surface area contributed by atoms with Gasteiger partial charge in [0.1, 0.15) is 0 Å². The van der Waals surface area contributed by atoms with Gasteiger partial charge in [-0.3, -0.25) is 9.69 Å². The SMILES string of the molecule is CC1CNCCN1C(=O)c1ccc(Cl)c(N2CCNC2=O)c1. The van der Waals surface area contributed by atoms with E-state index in [1.54, 1.807) is 23.1 Å². The highest BCUT2D eigenvalue weighted by atomic mass is 35.5. The molecule has 2 N–H and O–H groups in total. The maximum atomic E-state index is 12.7. The lowest BCUT2D eigenvalue weighted by molar-refractivity contribution is 0.0656. The zero-order valence-corrected chi connectivity index (χ0v) is 13.2. The van der Waals surface area contributed by atoms with Gasteiger partial charge in [-0.15, -0.1) is 0 Å². The van der Waals surface area contributed by atoms with Gasteiger partial charge < -0.3 is 15.5 Å². The standard InChI is InChI=1S/C15H19ClN4O2/c1-10-9-17-4-6-19(10)14(21)11-2-3-12(16)13(8-11)20-7-5-18-15(20)22/h2-3,8,10,17H,4-7,9H2,1H3,(H,18,22). The third-order valence-corrected chi connectivity index (χ3v) is 4.42. The van der Waals surface area contributed by atoms with E-state index in [-0.39, 0.29) is 18.0 Å². The zero-order chi connectivity index (χ0) is 15.7. The first-order valence-electron chi connectivity index (χ1n) is 7.44. The van der Waals surface area contributed by atoms with E-state index in [4.69, 9.17) is 11.6 Å². The van der Waals surface area contributed by atoms with Crippen molar-refractivity contribution in [3.8, 4) is 0 Å². The molecule has 0 bridgehead atoms. The number of carbonyl (C=O) groups is 2. The highest BCUT2D eigenvalue weighted by molar-refractivity contribution is 6.34. The Labute approximate surface area is 134 Å². The van der Waals surface area contributed by atoms with E-state index < -0.39 is 0 Å². The molecule has 0 saturated carbocycles. The first-order valence-corrected chi connectivity index (χ1v) is 7.82. The van der Waals surface area contributed by atoms with Crippen molar-refractivity contribution in [2.24, 2.45) is 0 Å². The number of amides is 3. The average Bonchev–Trinajstić information content (AvgIpc) is 2.93. The van der Waals surface area contributed by atoms with Crippen LogP contribution in [0.5, 0.6) is 0 Å². The minimum atomic E-state index is -0.179. The number of piperazine rings is 1. The molecule has 3 rings (SSSR count). The summed E-state index contributed by atoms with van der Waals surface area (Å²) in [5.74, 6) is -0.0217. The summed E-state index contributed by atoms with van der Waals surface area (Å²) in [5.41, 5.74) is 1.15. The van der Waals surface area contributed by atoms with Crippen LogP contribution in [-0.2, 0) is 0 Å². The molecular formula is C15H19ClN4O2. The van der Waals surface area contributed by atoms with E-state index in [1.165, 1.54) is 0 Å². The van der Waals surface area contributed by atoms with Crippen LogP contribution >= 0.6 is 11.6 Å². The van der Waals surface area contributed by atoms with Crippen LogP contribution in [-0.4, -0.2) is 55.6 Å². The second kappa shape index (κ2) is 6.14. The largest absolute Gasteiger partial charge is 0.336 e. The van der Waals surface area contributed by atoms with Crippen molar-refractivity contribution in [3.63, 3.8) is 0 Å². The van der Waals surface area contributed by atoms with Crippen molar-refractivity contribution in [2.75, 3.05) is 37.6 Å². The normalized spacial score (nSPS) is 21.9. The van der Waals surface area contributed by atoms with Crippen LogP contribution < -0.4 is 15.5 Å². The number of benzene rings is 1. The molecule has 6 nitrogen and oxygen atoms in total. The number of anilines is 1. The third kappa shape index (κ3) is 2.76. The molecule has 1 aromatic carbocycles. The predicted octanol–water partition coefficient (Wildman–Crippen LogP) is 1.30. The topological polar surface area (TPSA) is 64.7 Å². The Balaban J connectivity index is 1.88. The van der Waals surface area contributed by atoms with Crippen molar-refractivity contribution >= 4 is 29.2 Å². The quantitative estimate of drug-likeness (QED) is 0.862. The first-order chi connectivity index (χ1) is 10.6. The Hall–Kier alpha value is -1.79. The Morgan fingerprint density at radius 2 is 2.14 bits per heavy atom. The van der Waals surface area contributed by atoms with Crippen LogP contribution in [0, 0.1) is 0 Å². The summed E-state index contributed by atoms with van der Waals surface area (Å²) in [4.78, 5) is 27.9. The number of urea groups is 1. The van der Waals surface area contributed by atoms with Gasteiger partial charge in [-0.05, 0) is 25.1 Å². The zero-order valence-electron chi connectivity index (χ0n) is 12.4. The summed E-state index contributed by atoms with van der Waals surface area (Å²) >= 11 is 6.20. The summed E-state index contributed by atoms with van der Waals surface area (Å²) in [6, 6.07) is 5.08. The molecule has 118 valence electrons. The number of hydrogen-bond acceptors (Lipinski definition) is 3. The summed E-state index contributed by atoms with van der Waals surface area (Å²) in [5, 5.41) is 6.48. The number of nitrogens with zero attached hydrogens (tertiary/aromatic N) is 2. The molecular weight excluding hydrogens is 304 g/mol. The van der Waals surface area contributed by atoms with Crippen molar-refractivity contribution in [1.29, 1.82) is 0 Å². The van der Waals surface area contributed by atoms with Crippen molar-refractivity contribution in [3.05, 3.63) is 28.8 Å². The Morgan fingerprint density at radius 1 is 1.32 bits per heavy atom. The van der Waals surface area contributed by atoms with E-state index in [0.717, 1.165) is 13.1 Å². The fourth-order valence-corrected chi connectivity index (χ4v) is 3.08. The average molecular weight is 323 g/mol. The molecule has 2 heterocycles. The molecule has 0 aromatic heterocycles. The van der Waals surface area contributed by atoms with Gasteiger partial charge in [0.25, 0.3) is 5.91 Å². The Kier molecular flexibility index (Phi) is 4.22. The Bertz CT molecular complexity index is 607. The minimum absolute atomic E-state index is 0.0217. The van der Waals surface area contributed by atoms with Gasteiger partial charge >= 0.3 is 6.03 Å². The number of hydrogen-bond donors (Lipinski definition) is 2. The van der Waals surface area contributed by atoms with E-state index in [9.17, 15) is 9.59 Å². The minimum Gasteiger partial charge on any atom is -0.336 e. The van der Waals surface area contributed by atoms with Gasteiger partial charge in [0, 0.05) is 44.3 Å². The van der Waals surface area contributed by atoms with Gasteiger partial charge in [-0.25, -0.2) is 4.79 Å². The molecule has 0 aliphatic carbocycles. The lowest BCUT2D eigenvalue weighted by atomic mass is 10.1. The highest BCUT2D eigenvalue weighted by Crippen LogP contribution is 2.29. The highest BCUT2D eigenvalue weighted by Gasteiger charge is 2.27. The van der Waals surface area contributed by atoms with Gasteiger partial charge in [0.2, 0.25) is 0 Å². The second-order valence-electron chi connectivity index (χ2n) is 5.60. The monoisotopic (exact) mass is 322 g/mol. The summed E-state index contributed by atoms with van der Waals surface area (Å²) in [7, 11) is 0. The van der Waals surface area contributed by atoms with Gasteiger partial charge in [0.15, 0.2) is 0 Å². The van der Waals surface area contributed by atoms with E-state index in [1.807, 2.05) is 11.8 Å². The van der Waals surface area contributed by atoms with Gasteiger partial charge in [0.05, 0.1) is 10.7 Å². The molecule has 7 heteroatoms. The summed E-state index contributed by atoms with van der Waals surface area (Å²) in [6.45, 7) is 5.44. The second-order valence-corrected chi connectivity index (χ2v) is 6.01. The van der Waals surface area contributed by atoms with Crippen LogP contribution in [0.2, 0.25) is 5.02 Å². The van der Waals surface area contributed by atoms with Gasteiger partial charge in [-0.1, -0.05) is 11.6 Å². The Morgan fingerprint density at radius 3 is 2.82 bits per heavy atom. The van der Waals surface area contributed by atoms with E-state index in [0.29, 0.717) is 35.9 Å². The molecule has 2 aliphatic rings. The number of nitrogens with one attached hydrogen (secondary N) is 2. The number of carbonyl (C=O) groups excluding carboxylic acids is 2. The summed E-state index contributed by atoms with van der Waals surface area (Å²) < 4.78 is 0. The van der Waals surface area contributed by atoms with Crippen LogP contribution in [0.3, 0.4) is 0 Å². The molecule has 1 atom stereocenters. The lowest BCUT2D eigenvalue weighted by Crippen LogP contribution is -2.52. The van der Waals surface area contributed by atoms with Crippen molar-refractivity contribution < 1.29 is 9.59 Å². The smallest absolute Gasteiger partial charge is 0.322 e. The molecule has 3 amide bonds. The predicted molar refractivity (Wildman–Crippen MR) is 85.6 cm³/mol. The molecule has 0 radical (unpaired) electrons. The summed E-state index contributed by atoms with van der Waals surface area (Å²) in [6.07, 6.45) is 0. The lowest BCUT2D eigenvalue weighted by Gasteiger charge is -2.34. The first kappa shape index (κ1) is 15.1.